The van der Waals surface area contributed by atoms with Gasteiger partial charge in [0.05, 0.1) is 0 Å². The van der Waals surface area contributed by atoms with E-state index in [-0.39, 0.29) is 0 Å². The van der Waals surface area contributed by atoms with Crippen molar-refractivity contribution in [1.82, 2.24) is 20.2 Å². The number of aromatic nitrogens is 4. The molecule has 0 spiro atoms. The SMILES string of the molecule is CNc1cc(Sc2nnc(C)s2)nc(C)n1. The predicted octanol–water partition coefficient (Wildman–Crippen LogP) is 2.14. The molecule has 0 fully saturated rings. The molecule has 7 heteroatoms. The molecule has 84 valence electrons. The summed E-state index contributed by atoms with van der Waals surface area (Å²) in [7, 11) is 1.84. The van der Waals surface area contributed by atoms with E-state index in [0.29, 0.717) is 0 Å². The third-order valence-corrected chi connectivity index (χ3v) is 3.58. The smallest absolute Gasteiger partial charge is 0.180 e. The van der Waals surface area contributed by atoms with Gasteiger partial charge in [0.2, 0.25) is 0 Å². The molecule has 0 aliphatic heterocycles. The molecular formula is C9H11N5S2. The van der Waals surface area contributed by atoms with Crippen molar-refractivity contribution in [3.63, 3.8) is 0 Å². The van der Waals surface area contributed by atoms with Gasteiger partial charge in [-0.1, -0.05) is 11.3 Å². The van der Waals surface area contributed by atoms with Crippen molar-refractivity contribution in [3.05, 3.63) is 16.9 Å². The van der Waals surface area contributed by atoms with Crippen LogP contribution >= 0.6 is 23.1 Å². The molecule has 2 heterocycles. The molecule has 0 amide bonds. The maximum Gasteiger partial charge on any atom is 0.180 e. The van der Waals surface area contributed by atoms with Crippen molar-refractivity contribution in [1.29, 1.82) is 0 Å². The maximum atomic E-state index is 4.34. The highest BCUT2D eigenvalue weighted by atomic mass is 32.2. The summed E-state index contributed by atoms with van der Waals surface area (Å²) in [5.74, 6) is 1.56. The second-order valence-electron chi connectivity index (χ2n) is 3.08. The third-order valence-electron chi connectivity index (χ3n) is 1.77. The Labute approximate surface area is 102 Å². The molecule has 0 saturated carbocycles. The van der Waals surface area contributed by atoms with Gasteiger partial charge in [-0.3, -0.25) is 0 Å². The highest BCUT2D eigenvalue weighted by Crippen LogP contribution is 2.29. The molecule has 0 atom stereocenters. The summed E-state index contributed by atoms with van der Waals surface area (Å²) in [5, 5.41) is 12.9. The minimum absolute atomic E-state index is 0.746. The Morgan fingerprint density at radius 2 is 2.06 bits per heavy atom. The second-order valence-corrected chi connectivity index (χ2v) is 5.53. The lowest BCUT2D eigenvalue weighted by Crippen LogP contribution is -1.97. The predicted molar refractivity (Wildman–Crippen MR) is 65.1 cm³/mol. The summed E-state index contributed by atoms with van der Waals surface area (Å²) in [6.07, 6.45) is 0. The average Bonchev–Trinajstić information content (AvgIpc) is 2.63. The Hall–Kier alpha value is -1.21. The Bertz CT molecular complexity index is 496. The number of aryl methyl sites for hydroxylation is 2. The summed E-state index contributed by atoms with van der Waals surface area (Å²) in [6, 6.07) is 1.90. The zero-order valence-electron chi connectivity index (χ0n) is 9.18. The largest absolute Gasteiger partial charge is 0.373 e. The van der Waals surface area contributed by atoms with Crippen LogP contribution in [0.2, 0.25) is 0 Å². The molecule has 5 nitrogen and oxygen atoms in total. The number of anilines is 1. The monoisotopic (exact) mass is 253 g/mol. The van der Waals surface area contributed by atoms with E-state index in [0.717, 1.165) is 26.0 Å². The van der Waals surface area contributed by atoms with Gasteiger partial charge in [-0.25, -0.2) is 9.97 Å². The summed E-state index contributed by atoms with van der Waals surface area (Å²) >= 11 is 3.07. The fourth-order valence-corrected chi connectivity index (χ4v) is 2.94. The first-order valence-electron chi connectivity index (χ1n) is 4.69. The topological polar surface area (TPSA) is 63.6 Å². The first-order chi connectivity index (χ1) is 7.67. The Balaban J connectivity index is 2.24. The van der Waals surface area contributed by atoms with Gasteiger partial charge in [0.15, 0.2) is 4.34 Å². The van der Waals surface area contributed by atoms with Crippen LogP contribution in [0.4, 0.5) is 5.82 Å². The lowest BCUT2D eigenvalue weighted by Gasteiger charge is -2.02. The summed E-state index contributed by atoms with van der Waals surface area (Å²) in [6.45, 7) is 3.81. The highest BCUT2D eigenvalue weighted by molar-refractivity contribution is 8.01. The van der Waals surface area contributed by atoms with Crippen LogP contribution in [-0.4, -0.2) is 27.2 Å². The van der Waals surface area contributed by atoms with E-state index < -0.39 is 0 Å². The van der Waals surface area contributed by atoms with Crippen LogP contribution in [0.15, 0.2) is 15.4 Å². The fraction of sp³-hybridized carbons (Fsp3) is 0.333. The van der Waals surface area contributed by atoms with Crippen LogP contribution in [0.3, 0.4) is 0 Å². The molecule has 0 unspecified atom stereocenters. The van der Waals surface area contributed by atoms with Gasteiger partial charge in [0.1, 0.15) is 21.7 Å². The lowest BCUT2D eigenvalue weighted by atomic mass is 10.5. The van der Waals surface area contributed by atoms with E-state index in [9.17, 15) is 0 Å². The quantitative estimate of drug-likeness (QED) is 0.845. The second kappa shape index (κ2) is 4.75. The van der Waals surface area contributed by atoms with Crippen LogP contribution < -0.4 is 5.32 Å². The van der Waals surface area contributed by atoms with Crippen LogP contribution in [0.25, 0.3) is 0 Å². The van der Waals surface area contributed by atoms with E-state index in [4.69, 9.17) is 0 Å². The van der Waals surface area contributed by atoms with Crippen LogP contribution in [0.5, 0.6) is 0 Å². The summed E-state index contributed by atoms with van der Waals surface area (Å²) in [5.41, 5.74) is 0. The number of nitrogens with zero attached hydrogens (tertiary/aromatic N) is 4. The van der Waals surface area contributed by atoms with Gasteiger partial charge in [-0.15, -0.1) is 10.2 Å². The van der Waals surface area contributed by atoms with E-state index >= 15 is 0 Å². The molecule has 2 aromatic rings. The Morgan fingerprint density at radius 1 is 1.25 bits per heavy atom. The van der Waals surface area contributed by atoms with Gasteiger partial charge in [-0.05, 0) is 25.6 Å². The molecule has 1 N–H and O–H groups in total. The number of rotatable bonds is 3. The van der Waals surface area contributed by atoms with Crippen molar-refractivity contribution in [2.45, 2.75) is 23.2 Å². The first kappa shape index (κ1) is 11.3. The zero-order valence-corrected chi connectivity index (χ0v) is 10.8. The van der Waals surface area contributed by atoms with Gasteiger partial charge in [0, 0.05) is 13.1 Å². The molecule has 2 rings (SSSR count). The summed E-state index contributed by atoms with van der Waals surface area (Å²) < 4.78 is 0.901. The number of nitrogens with one attached hydrogen (secondary N) is 1. The van der Waals surface area contributed by atoms with Gasteiger partial charge < -0.3 is 5.32 Å². The Morgan fingerprint density at radius 3 is 2.69 bits per heavy atom. The van der Waals surface area contributed by atoms with E-state index in [1.807, 2.05) is 27.0 Å². The molecule has 0 radical (unpaired) electrons. The number of hydrogen-bond donors (Lipinski definition) is 1. The molecule has 0 aromatic carbocycles. The van der Waals surface area contributed by atoms with Gasteiger partial charge in [0.25, 0.3) is 0 Å². The van der Waals surface area contributed by atoms with Gasteiger partial charge >= 0.3 is 0 Å². The van der Waals surface area contributed by atoms with E-state index in [1.54, 1.807) is 11.3 Å². The maximum absolute atomic E-state index is 4.34. The first-order valence-corrected chi connectivity index (χ1v) is 6.32. The minimum Gasteiger partial charge on any atom is -0.373 e. The molecule has 2 aromatic heterocycles. The average molecular weight is 253 g/mol. The van der Waals surface area contributed by atoms with Crippen molar-refractivity contribution in [2.24, 2.45) is 0 Å². The zero-order chi connectivity index (χ0) is 11.5. The molecule has 16 heavy (non-hydrogen) atoms. The number of hydrogen-bond acceptors (Lipinski definition) is 7. The van der Waals surface area contributed by atoms with Crippen molar-refractivity contribution in [3.8, 4) is 0 Å². The van der Waals surface area contributed by atoms with Crippen LogP contribution in [-0.2, 0) is 0 Å². The molecular weight excluding hydrogens is 242 g/mol. The van der Waals surface area contributed by atoms with Crippen molar-refractivity contribution < 1.29 is 0 Å². The van der Waals surface area contributed by atoms with E-state index in [1.165, 1.54) is 11.8 Å². The molecule has 0 saturated heterocycles. The molecule has 0 bridgehead atoms. The standard InChI is InChI=1S/C9H11N5S2/c1-5-11-7(10-3)4-8(12-5)16-9-14-13-6(2)15-9/h4H,1-3H3,(H,10,11,12). The fourth-order valence-electron chi connectivity index (χ4n) is 1.13. The third kappa shape index (κ3) is 2.67. The molecule has 0 aliphatic rings. The van der Waals surface area contributed by atoms with Crippen molar-refractivity contribution in [2.75, 3.05) is 12.4 Å². The Kier molecular flexibility index (Phi) is 3.35. The normalized spacial score (nSPS) is 10.4. The van der Waals surface area contributed by atoms with E-state index in [2.05, 4.69) is 25.5 Å². The van der Waals surface area contributed by atoms with Crippen LogP contribution in [0, 0.1) is 13.8 Å². The lowest BCUT2D eigenvalue weighted by molar-refractivity contribution is 0.956. The van der Waals surface area contributed by atoms with Crippen molar-refractivity contribution >= 4 is 28.9 Å². The summed E-state index contributed by atoms with van der Waals surface area (Å²) in [4.78, 5) is 8.57. The minimum atomic E-state index is 0.746. The van der Waals surface area contributed by atoms with Crippen LogP contribution in [0.1, 0.15) is 10.8 Å². The van der Waals surface area contributed by atoms with Gasteiger partial charge in [-0.2, -0.15) is 0 Å². The highest BCUT2D eigenvalue weighted by Gasteiger charge is 2.06. The molecule has 0 aliphatic carbocycles.